The minimum atomic E-state index is -1.09. The van der Waals surface area contributed by atoms with Gasteiger partial charge in [0.1, 0.15) is 12.6 Å². The predicted octanol–water partition coefficient (Wildman–Crippen LogP) is 4.06. The van der Waals surface area contributed by atoms with Crippen LogP contribution in [-0.4, -0.2) is 41.8 Å². The second kappa shape index (κ2) is 9.25. The van der Waals surface area contributed by atoms with Gasteiger partial charge in [0.15, 0.2) is 0 Å². The molecule has 0 spiro atoms. The molecule has 0 aliphatic heterocycles. The summed E-state index contributed by atoms with van der Waals surface area (Å²) in [7, 11) is 0. The summed E-state index contributed by atoms with van der Waals surface area (Å²) in [5.74, 6) is -1.49. The highest BCUT2D eigenvalue weighted by Crippen LogP contribution is 2.44. The van der Waals surface area contributed by atoms with Crippen LogP contribution in [0.1, 0.15) is 56.6 Å². The average Bonchev–Trinajstić information content (AvgIpc) is 3.13. The molecule has 2 aromatic rings. The van der Waals surface area contributed by atoms with Gasteiger partial charge in [0.25, 0.3) is 0 Å². The fourth-order valence-electron chi connectivity index (χ4n) is 5.04. The van der Waals surface area contributed by atoms with Gasteiger partial charge in [-0.05, 0) is 48.9 Å². The van der Waals surface area contributed by atoms with Crippen molar-refractivity contribution < 1.29 is 24.2 Å². The second-order valence-electron chi connectivity index (χ2n) is 9.22. The van der Waals surface area contributed by atoms with Gasteiger partial charge < -0.3 is 20.5 Å². The lowest BCUT2D eigenvalue weighted by Gasteiger charge is -2.40. The topological polar surface area (TPSA) is 105 Å². The molecule has 2 aromatic carbocycles. The molecule has 7 heteroatoms. The van der Waals surface area contributed by atoms with E-state index in [1.807, 2.05) is 24.3 Å². The van der Waals surface area contributed by atoms with Crippen molar-refractivity contribution in [1.82, 2.24) is 10.6 Å². The first-order chi connectivity index (χ1) is 15.8. The first-order valence-corrected chi connectivity index (χ1v) is 11.5. The number of ether oxygens (including phenoxy) is 1. The number of fused-ring (bicyclic) bond motifs is 3. The number of aliphatic carboxylic acids is 1. The molecule has 2 aliphatic carbocycles. The van der Waals surface area contributed by atoms with E-state index >= 15 is 0 Å². The lowest BCUT2D eigenvalue weighted by molar-refractivity contribution is -0.144. The van der Waals surface area contributed by atoms with E-state index < -0.39 is 29.6 Å². The highest BCUT2D eigenvalue weighted by molar-refractivity contribution is 5.88. The zero-order chi connectivity index (χ0) is 23.6. The number of nitrogens with one attached hydrogen (secondary N) is 2. The molecule has 0 saturated heterocycles. The smallest absolute Gasteiger partial charge is 0.407 e. The van der Waals surface area contributed by atoms with Gasteiger partial charge in [0.2, 0.25) is 5.91 Å². The molecule has 3 N–H and O–H groups in total. The van der Waals surface area contributed by atoms with Crippen LogP contribution in [0.25, 0.3) is 11.1 Å². The molecule has 0 aromatic heterocycles. The molecule has 0 heterocycles. The lowest BCUT2D eigenvalue weighted by Crippen LogP contribution is -2.57. The van der Waals surface area contributed by atoms with Gasteiger partial charge in [-0.15, -0.1) is 0 Å². The average molecular weight is 451 g/mol. The quantitative estimate of drug-likeness (QED) is 0.616. The summed E-state index contributed by atoms with van der Waals surface area (Å²) >= 11 is 0. The number of rotatable bonds is 6. The molecule has 1 fully saturated rings. The van der Waals surface area contributed by atoms with Crippen LogP contribution in [0.3, 0.4) is 0 Å². The fraction of sp³-hybridized carbons (Fsp3) is 0.423. The Morgan fingerprint density at radius 3 is 2.27 bits per heavy atom. The van der Waals surface area contributed by atoms with Crippen LogP contribution < -0.4 is 10.6 Å². The fourth-order valence-corrected chi connectivity index (χ4v) is 5.04. The second-order valence-corrected chi connectivity index (χ2v) is 9.22. The molecule has 2 aliphatic rings. The molecular formula is C26H30N2O5. The summed E-state index contributed by atoms with van der Waals surface area (Å²) < 4.78 is 5.66. The molecule has 1 saturated carbocycles. The molecule has 7 nitrogen and oxygen atoms in total. The lowest BCUT2D eigenvalue weighted by atomic mass is 9.71. The Kier molecular flexibility index (Phi) is 6.40. The standard InChI is InChI=1S/C26H30N2O5/c1-16(23(29)30)27-24(31)26(2)14-8-7-13-22(26)28-25(32)33-15-21-19-11-5-3-9-17(19)18-10-4-6-12-20(18)21/h3-6,9-12,16,21-22H,7-8,13-15H2,1-2H3,(H,27,31)(H,28,32)(H,29,30)/t16-,22?,26?/m1/s1. The number of amides is 2. The molecule has 33 heavy (non-hydrogen) atoms. The first kappa shape index (κ1) is 22.8. The van der Waals surface area contributed by atoms with Gasteiger partial charge in [0, 0.05) is 12.0 Å². The maximum absolute atomic E-state index is 12.9. The first-order valence-electron chi connectivity index (χ1n) is 11.5. The predicted molar refractivity (Wildman–Crippen MR) is 124 cm³/mol. The van der Waals surface area contributed by atoms with E-state index in [1.165, 1.54) is 6.92 Å². The molecule has 3 atom stereocenters. The largest absolute Gasteiger partial charge is 0.480 e. The van der Waals surface area contributed by atoms with Crippen molar-refractivity contribution >= 4 is 18.0 Å². The van der Waals surface area contributed by atoms with Crippen molar-refractivity contribution in [3.8, 4) is 11.1 Å². The molecule has 0 bridgehead atoms. The van der Waals surface area contributed by atoms with E-state index in [-0.39, 0.29) is 18.4 Å². The van der Waals surface area contributed by atoms with Crippen molar-refractivity contribution in [3.63, 3.8) is 0 Å². The normalized spacial score (nSPS) is 22.5. The molecule has 4 rings (SSSR count). The minimum Gasteiger partial charge on any atom is -0.480 e. The van der Waals surface area contributed by atoms with E-state index in [4.69, 9.17) is 9.84 Å². The molecular weight excluding hydrogens is 420 g/mol. The van der Waals surface area contributed by atoms with Gasteiger partial charge in [0.05, 0.1) is 5.41 Å². The van der Waals surface area contributed by atoms with E-state index in [0.717, 1.165) is 35.1 Å². The van der Waals surface area contributed by atoms with Crippen LogP contribution in [0.15, 0.2) is 48.5 Å². The van der Waals surface area contributed by atoms with E-state index in [9.17, 15) is 14.4 Å². The van der Waals surface area contributed by atoms with E-state index in [1.54, 1.807) is 6.92 Å². The number of hydrogen-bond acceptors (Lipinski definition) is 4. The van der Waals surface area contributed by atoms with E-state index in [0.29, 0.717) is 12.8 Å². The summed E-state index contributed by atoms with van der Waals surface area (Å²) in [4.78, 5) is 36.8. The molecule has 2 amide bonds. The Bertz CT molecular complexity index is 1020. The molecule has 0 radical (unpaired) electrons. The Balaban J connectivity index is 1.43. The highest BCUT2D eigenvalue weighted by atomic mass is 16.5. The van der Waals surface area contributed by atoms with Crippen LogP contribution >= 0.6 is 0 Å². The van der Waals surface area contributed by atoms with Crippen molar-refractivity contribution in [1.29, 1.82) is 0 Å². The maximum Gasteiger partial charge on any atom is 0.407 e. The number of carboxylic acid groups (broad SMARTS) is 1. The number of alkyl carbamates (subject to hydrolysis) is 1. The molecule has 2 unspecified atom stereocenters. The van der Waals surface area contributed by atoms with Gasteiger partial charge in [-0.2, -0.15) is 0 Å². The Hall–Kier alpha value is -3.35. The summed E-state index contributed by atoms with van der Waals surface area (Å²) in [6, 6.07) is 14.9. The summed E-state index contributed by atoms with van der Waals surface area (Å²) in [5, 5.41) is 14.6. The Morgan fingerprint density at radius 2 is 1.67 bits per heavy atom. The Labute approximate surface area is 193 Å². The third-order valence-electron chi connectivity index (χ3n) is 7.08. The zero-order valence-electron chi connectivity index (χ0n) is 19.0. The van der Waals surface area contributed by atoms with Gasteiger partial charge in [-0.25, -0.2) is 4.79 Å². The zero-order valence-corrected chi connectivity index (χ0v) is 19.0. The van der Waals surface area contributed by atoms with Crippen molar-refractivity contribution in [2.24, 2.45) is 5.41 Å². The number of benzene rings is 2. The number of carbonyl (C=O) groups excluding carboxylic acids is 2. The maximum atomic E-state index is 12.9. The molecule has 174 valence electrons. The number of carbonyl (C=O) groups is 3. The van der Waals surface area contributed by atoms with Crippen LogP contribution in [-0.2, 0) is 14.3 Å². The number of hydrogen-bond donors (Lipinski definition) is 3. The van der Waals surface area contributed by atoms with Crippen molar-refractivity contribution in [3.05, 3.63) is 59.7 Å². The minimum absolute atomic E-state index is 0.0411. The van der Waals surface area contributed by atoms with Gasteiger partial charge >= 0.3 is 12.1 Å². The Morgan fingerprint density at radius 1 is 1.06 bits per heavy atom. The summed E-state index contributed by atoms with van der Waals surface area (Å²) in [6.07, 6.45) is 2.36. The van der Waals surface area contributed by atoms with Gasteiger partial charge in [-0.3, -0.25) is 9.59 Å². The van der Waals surface area contributed by atoms with Crippen molar-refractivity contribution in [2.75, 3.05) is 6.61 Å². The third-order valence-corrected chi connectivity index (χ3v) is 7.08. The summed E-state index contributed by atoms with van der Waals surface area (Å²) in [5.41, 5.74) is 3.69. The van der Waals surface area contributed by atoms with Gasteiger partial charge in [-0.1, -0.05) is 61.4 Å². The van der Waals surface area contributed by atoms with Crippen LogP contribution in [0, 0.1) is 5.41 Å². The van der Waals surface area contributed by atoms with Crippen LogP contribution in [0.4, 0.5) is 4.79 Å². The monoisotopic (exact) mass is 450 g/mol. The third kappa shape index (κ3) is 4.45. The SMILES string of the molecule is C[C@@H](NC(=O)C1(C)CCCCC1NC(=O)OCC1c2ccccc2-c2ccccc21)C(=O)O. The van der Waals surface area contributed by atoms with Crippen LogP contribution in [0.5, 0.6) is 0 Å². The number of carboxylic acids is 1. The van der Waals surface area contributed by atoms with Crippen molar-refractivity contribution in [2.45, 2.75) is 57.5 Å². The van der Waals surface area contributed by atoms with E-state index in [2.05, 4.69) is 34.9 Å². The summed E-state index contributed by atoms with van der Waals surface area (Å²) in [6.45, 7) is 3.41. The highest BCUT2D eigenvalue weighted by Gasteiger charge is 2.44. The van der Waals surface area contributed by atoms with Crippen LogP contribution in [0.2, 0.25) is 0 Å².